The number of rotatable bonds is 10. The molecular formula is C26H28N2O6S. The van der Waals surface area contributed by atoms with Gasteiger partial charge in [0.2, 0.25) is 0 Å². The second-order valence-electron chi connectivity index (χ2n) is 8.04. The van der Waals surface area contributed by atoms with Crippen molar-refractivity contribution >= 4 is 27.6 Å². The number of hydrogen-bond acceptors (Lipinski definition) is 6. The molecule has 3 aromatic carbocycles. The molecule has 0 saturated heterocycles. The molecule has 0 aliphatic carbocycles. The molecule has 1 amide bonds. The van der Waals surface area contributed by atoms with Gasteiger partial charge in [0, 0.05) is 11.3 Å². The topological polar surface area (TPSA) is 111 Å². The van der Waals surface area contributed by atoms with Crippen molar-refractivity contribution in [2.24, 2.45) is 0 Å². The summed E-state index contributed by atoms with van der Waals surface area (Å²) in [5, 5.41) is 2.83. The van der Waals surface area contributed by atoms with Gasteiger partial charge < -0.3 is 14.8 Å². The van der Waals surface area contributed by atoms with E-state index in [-0.39, 0.29) is 23.0 Å². The average molecular weight is 497 g/mol. The molecule has 35 heavy (non-hydrogen) atoms. The molecule has 0 saturated carbocycles. The van der Waals surface area contributed by atoms with Crippen molar-refractivity contribution in [3.05, 3.63) is 90.0 Å². The van der Waals surface area contributed by atoms with Crippen LogP contribution in [-0.4, -0.2) is 33.5 Å². The van der Waals surface area contributed by atoms with Crippen LogP contribution < -0.4 is 14.8 Å². The molecule has 0 aromatic heterocycles. The Hall–Kier alpha value is -3.85. The third-order valence-corrected chi connectivity index (χ3v) is 6.37. The van der Waals surface area contributed by atoms with Crippen LogP contribution in [0.4, 0.5) is 5.69 Å². The molecule has 1 atom stereocenters. The van der Waals surface area contributed by atoms with Crippen LogP contribution in [0.3, 0.4) is 0 Å². The molecule has 2 N–H and O–H groups in total. The molecular weight excluding hydrogens is 468 g/mol. The van der Waals surface area contributed by atoms with E-state index in [0.717, 1.165) is 5.56 Å². The molecule has 3 aromatic rings. The highest BCUT2D eigenvalue weighted by Gasteiger charge is 2.22. The predicted molar refractivity (Wildman–Crippen MR) is 133 cm³/mol. The molecule has 0 fully saturated rings. The van der Waals surface area contributed by atoms with Crippen molar-refractivity contribution in [1.29, 1.82) is 0 Å². The molecule has 184 valence electrons. The first-order valence-electron chi connectivity index (χ1n) is 11.0. The van der Waals surface area contributed by atoms with Gasteiger partial charge in [-0.25, -0.2) is 8.42 Å². The van der Waals surface area contributed by atoms with Crippen molar-refractivity contribution in [1.82, 2.24) is 5.32 Å². The van der Waals surface area contributed by atoms with E-state index < -0.39 is 27.9 Å². The summed E-state index contributed by atoms with van der Waals surface area (Å²) in [7, 11) is -2.43. The highest BCUT2D eigenvalue weighted by atomic mass is 32.2. The van der Waals surface area contributed by atoms with Crippen LogP contribution in [0.25, 0.3) is 0 Å². The molecule has 0 spiro atoms. The SMILES string of the molecule is COc1ccc(NS(=O)(=O)c2cccc(C(=O)NC(CC(=O)OC(C)C)c3ccccc3)c2)cc1. The molecule has 1 unspecified atom stereocenters. The highest BCUT2D eigenvalue weighted by molar-refractivity contribution is 7.92. The zero-order valence-corrected chi connectivity index (χ0v) is 20.5. The summed E-state index contributed by atoms with van der Waals surface area (Å²) in [5.74, 6) is -0.372. The number of carbonyl (C=O) groups is 2. The van der Waals surface area contributed by atoms with Crippen LogP contribution in [0.2, 0.25) is 0 Å². The van der Waals surface area contributed by atoms with E-state index in [0.29, 0.717) is 11.4 Å². The van der Waals surface area contributed by atoms with Gasteiger partial charge in [-0.05, 0) is 61.9 Å². The second-order valence-corrected chi connectivity index (χ2v) is 9.72. The fourth-order valence-electron chi connectivity index (χ4n) is 3.33. The van der Waals surface area contributed by atoms with Crippen LogP contribution in [0.5, 0.6) is 5.75 Å². The maximum absolute atomic E-state index is 13.0. The van der Waals surface area contributed by atoms with E-state index in [4.69, 9.17) is 9.47 Å². The standard InChI is InChI=1S/C26H28N2O6S/c1-18(2)34-25(29)17-24(19-8-5-4-6-9-19)27-26(30)20-10-7-11-23(16-20)35(31,32)28-21-12-14-22(33-3)15-13-21/h4-16,18,24,28H,17H2,1-3H3,(H,27,30). The summed E-state index contributed by atoms with van der Waals surface area (Å²) in [6, 6.07) is 20.5. The van der Waals surface area contributed by atoms with Gasteiger partial charge in [-0.3, -0.25) is 14.3 Å². The summed E-state index contributed by atoms with van der Waals surface area (Å²) in [6.45, 7) is 3.50. The summed E-state index contributed by atoms with van der Waals surface area (Å²) in [5.41, 5.74) is 1.22. The number of carbonyl (C=O) groups excluding carboxylic acids is 2. The molecule has 0 bridgehead atoms. The summed E-state index contributed by atoms with van der Waals surface area (Å²) in [4.78, 5) is 25.3. The van der Waals surface area contributed by atoms with Gasteiger partial charge in [0.1, 0.15) is 5.75 Å². The lowest BCUT2D eigenvalue weighted by atomic mass is 10.0. The zero-order chi connectivity index (χ0) is 25.4. The van der Waals surface area contributed by atoms with Gasteiger partial charge in [-0.15, -0.1) is 0 Å². The summed E-state index contributed by atoms with van der Waals surface area (Å²) >= 11 is 0. The summed E-state index contributed by atoms with van der Waals surface area (Å²) < 4.78 is 38.6. The first kappa shape index (κ1) is 25.8. The number of sulfonamides is 1. The van der Waals surface area contributed by atoms with E-state index in [9.17, 15) is 18.0 Å². The van der Waals surface area contributed by atoms with Crippen molar-refractivity contribution < 1.29 is 27.5 Å². The van der Waals surface area contributed by atoms with Crippen molar-refractivity contribution in [3.8, 4) is 5.75 Å². The number of esters is 1. The monoisotopic (exact) mass is 496 g/mol. The van der Waals surface area contributed by atoms with Gasteiger partial charge in [0.05, 0.1) is 30.6 Å². The Labute approximate surface area is 205 Å². The van der Waals surface area contributed by atoms with E-state index in [2.05, 4.69) is 10.0 Å². The average Bonchev–Trinajstić information content (AvgIpc) is 2.84. The number of anilines is 1. The fourth-order valence-corrected chi connectivity index (χ4v) is 4.44. The first-order valence-corrected chi connectivity index (χ1v) is 12.5. The minimum atomic E-state index is -3.95. The fraction of sp³-hybridized carbons (Fsp3) is 0.231. The number of ether oxygens (including phenoxy) is 2. The van der Waals surface area contributed by atoms with Crippen molar-refractivity contribution in [3.63, 3.8) is 0 Å². The lowest BCUT2D eigenvalue weighted by molar-refractivity contribution is -0.147. The van der Waals surface area contributed by atoms with E-state index in [1.165, 1.54) is 31.4 Å². The predicted octanol–water partition coefficient (Wildman–Crippen LogP) is 4.31. The lowest BCUT2D eigenvalue weighted by Crippen LogP contribution is -2.31. The molecule has 0 radical (unpaired) electrons. The smallest absolute Gasteiger partial charge is 0.308 e. The molecule has 0 aliphatic rings. The van der Waals surface area contributed by atoms with E-state index >= 15 is 0 Å². The van der Waals surface area contributed by atoms with E-state index in [1.807, 2.05) is 6.07 Å². The Bertz CT molecular complexity index is 1260. The van der Waals surface area contributed by atoms with Crippen LogP contribution in [0.1, 0.15) is 42.2 Å². The van der Waals surface area contributed by atoms with Gasteiger partial charge in [-0.2, -0.15) is 0 Å². The first-order chi connectivity index (χ1) is 16.7. The third kappa shape index (κ3) is 7.31. The quantitative estimate of drug-likeness (QED) is 0.405. The Kier molecular flexibility index (Phi) is 8.48. The highest BCUT2D eigenvalue weighted by Crippen LogP contribution is 2.22. The number of methoxy groups -OCH3 is 1. The Morgan fingerprint density at radius 3 is 2.23 bits per heavy atom. The van der Waals surface area contributed by atoms with Crippen molar-refractivity contribution in [2.45, 2.75) is 37.3 Å². The maximum Gasteiger partial charge on any atom is 0.308 e. The minimum Gasteiger partial charge on any atom is -0.497 e. The molecule has 9 heteroatoms. The van der Waals surface area contributed by atoms with Gasteiger partial charge in [0.15, 0.2) is 0 Å². The van der Waals surface area contributed by atoms with E-state index in [1.54, 1.807) is 62.4 Å². The van der Waals surface area contributed by atoms with Gasteiger partial charge >= 0.3 is 5.97 Å². The minimum absolute atomic E-state index is 0.0645. The summed E-state index contributed by atoms with van der Waals surface area (Å²) in [6.07, 6.45) is -0.347. The van der Waals surface area contributed by atoms with Crippen LogP contribution >= 0.6 is 0 Å². The number of hydrogen-bond donors (Lipinski definition) is 2. The van der Waals surface area contributed by atoms with Gasteiger partial charge in [0.25, 0.3) is 15.9 Å². The largest absolute Gasteiger partial charge is 0.497 e. The van der Waals surface area contributed by atoms with Crippen LogP contribution in [0, 0.1) is 0 Å². The Morgan fingerprint density at radius 1 is 0.914 bits per heavy atom. The molecule has 3 rings (SSSR count). The van der Waals surface area contributed by atoms with Crippen LogP contribution in [0.15, 0.2) is 83.8 Å². The van der Waals surface area contributed by atoms with Crippen LogP contribution in [-0.2, 0) is 19.6 Å². The Morgan fingerprint density at radius 2 is 1.60 bits per heavy atom. The number of benzene rings is 3. The second kappa shape index (κ2) is 11.5. The van der Waals surface area contributed by atoms with Crippen molar-refractivity contribution in [2.75, 3.05) is 11.8 Å². The molecule has 8 nitrogen and oxygen atoms in total. The normalized spacial score (nSPS) is 12.0. The third-order valence-electron chi connectivity index (χ3n) is 4.99. The Balaban J connectivity index is 1.79. The zero-order valence-electron chi connectivity index (χ0n) is 19.7. The maximum atomic E-state index is 13.0. The lowest BCUT2D eigenvalue weighted by Gasteiger charge is -2.20. The van der Waals surface area contributed by atoms with Gasteiger partial charge in [-0.1, -0.05) is 36.4 Å². The molecule has 0 heterocycles. The number of nitrogens with one attached hydrogen (secondary N) is 2. The molecule has 0 aliphatic heterocycles. The number of amides is 1.